The maximum absolute atomic E-state index is 13.4. The molecule has 0 radical (unpaired) electrons. The molecule has 0 saturated carbocycles. The second-order valence-electron chi connectivity index (χ2n) is 7.16. The monoisotopic (exact) mass is 435 g/mol. The molecule has 0 bridgehead atoms. The van der Waals surface area contributed by atoms with Crippen molar-refractivity contribution in [3.05, 3.63) is 70.8 Å². The van der Waals surface area contributed by atoms with E-state index in [0.29, 0.717) is 35.9 Å². The number of hydrogen-bond donors (Lipinski definition) is 0. The van der Waals surface area contributed by atoms with Crippen molar-refractivity contribution < 1.29 is 23.8 Å². The van der Waals surface area contributed by atoms with Gasteiger partial charge in [-0.3, -0.25) is 9.69 Å². The first-order valence-electron chi connectivity index (χ1n) is 10.9. The highest BCUT2D eigenvalue weighted by atomic mass is 16.6. The molecule has 6 heteroatoms. The van der Waals surface area contributed by atoms with Gasteiger partial charge in [-0.25, -0.2) is 4.79 Å². The van der Waals surface area contributed by atoms with Crippen LogP contribution in [0.5, 0.6) is 11.5 Å². The van der Waals surface area contributed by atoms with Crippen molar-refractivity contribution >= 4 is 24.0 Å². The van der Waals surface area contributed by atoms with Gasteiger partial charge >= 0.3 is 6.09 Å². The third kappa shape index (κ3) is 5.58. The number of ketones is 1. The lowest BCUT2D eigenvalue weighted by molar-refractivity contribution is -0.113. The molecule has 0 aliphatic carbocycles. The van der Waals surface area contributed by atoms with E-state index < -0.39 is 6.09 Å². The van der Waals surface area contributed by atoms with Gasteiger partial charge in [0.2, 0.25) is 0 Å². The minimum Gasteiger partial charge on any atom is -0.493 e. The molecule has 0 spiro atoms. The molecule has 0 unspecified atom stereocenters. The van der Waals surface area contributed by atoms with E-state index in [9.17, 15) is 9.59 Å². The van der Waals surface area contributed by atoms with Crippen LogP contribution < -0.4 is 9.47 Å². The number of rotatable bonds is 7. The zero-order valence-electron chi connectivity index (χ0n) is 18.8. The van der Waals surface area contributed by atoms with E-state index in [-0.39, 0.29) is 25.5 Å². The molecule has 32 heavy (non-hydrogen) atoms. The molecule has 168 valence electrons. The highest BCUT2D eigenvalue weighted by Gasteiger charge is 2.30. The fraction of sp³-hybridized carbons (Fsp3) is 0.308. The molecule has 0 atom stereocenters. The zero-order chi connectivity index (χ0) is 22.9. The van der Waals surface area contributed by atoms with Crippen LogP contribution in [0.15, 0.2) is 59.7 Å². The number of Topliss-reactive ketones (excluding diaryl/α,β-unsaturated/α-hetero) is 1. The Kier molecular flexibility index (Phi) is 8.08. The van der Waals surface area contributed by atoms with Gasteiger partial charge in [-0.05, 0) is 45.1 Å². The summed E-state index contributed by atoms with van der Waals surface area (Å²) in [5.74, 6) is 1.27. The average molecular weight is 436 g/mol. The minimum atomic E-state index is -0.451. The first-order valence-corrected chi connectivity index (χ1v) is 10.9. The molecule has 6 nitrogen and oxygen atoms in total. The number of para-hydroxylation sites is 2. The highest BCUT2D eigenvalue weighted by molar-refractivity contribution is 6.15. The first kappa shape index (κ1) is 23.1. The summed E-state index contributed by atoms with van der Waals surface area (Å²) in [7, 11) is 0. The predicted octanol–water partition coefficient (Wildman–Crippen LogP) is 4.99. The summed E-state index contributed by atoms with van der Waals surface area (Å²) in [5, 5.41) is 0. The minimum absolute atomic E-state index is 0.108. The van der Waals surface area contributed by atoms with Crippen LogP contribution in [-0.2, 0) is 9.53 Å². The normalized spacial score (nSPS) is 16.3. The number of nitrogens with zero attached hydrogens (tertiary/aromatic N) is 1. The van der Waals surface area contributed by atoms with Gasteiger partial charge in [0, 0.05) is 22.3 Å². The van der Waals surface area contributed by atoms with E-state index in [0.717, 1.165) is 11.1 Å². The summed E-state index contributed by atoms with van der Waals surface area (Å²) >= 11 is 0. The second kappa shape index (κ2) is 11.2. The number of piperidine rings is 1. The third-order valence-electron chi connectivity index (χ3n) is 4.93. The highest BCUT2D eigenvalue weighted by Crippen LogP contribution is 2.28. The van der Waals surface area contributed by atoms with Crippen LogP contribution in [0, 0.1) is 0 Å². The second-order valence-corrected chi connectivity index (χ2v) is 7.16. The number of carbonyl (C=O) groups is 2. The molecule has 1 heterocycles. The molecule has 1 aliphatic heterocycles. The number of ether oxygens (including phenoxy) is 3. The van der Waals surface area contributed by atoms with Crippen LogP contribution in [-0.4, -0.2) is 49.7 Å². The Hall–Kier alpha value is -3.54. The Labute approximate surface area is 189 Å². The molecule has 1 aliphatic rings. The summed E-state index contributed by atoms with van der Waals surface area (Å²) in [6.07, 6.45) is 3.13. The molecule has 3 rings (SSSR count). The molecule has 1 fully saturated rings. The van der Waals surface area contributed by atoms with Crippen molar-refractivity contribution in [3.8, 4) is 11.5 Å². The summed E-state index contributed by atoms with van der Waals surface area (Å²) in [6.45, 7) is 7.22. The molecular weight excluding hydrogens is 406 g/mol. The van der Waals surface area contributed by atoms with E-state index in [1.54, 1.807) is 19.1 Å². The number of carbonyl (C=O) groups excluding carboxylic acids is 2. The summed E-state index contributed by atoms with van der Waals surface area (Å²) in [5.41, 5.74) is 2.57. The van der Waals surface area contributed by atoms with E-state index in [2.05, 4.69) is 0 Å². The van der Waals surface area contributed by atoms with Gasteiger partial charge < -0.3 is 14.2 Å². The third-order valence-corrected chi connectivity index (χ3v) is 4.93. The fourth-order valence-electron chi connectivity index (χ4n) is 3.53. The van der Waals surface area contributed by atoms with Gasteiger partial charge in [-0.2, -0.15) is 0 Å². The van der Waals surface area contributed by atoms with E-state index >= 15 is 0 Å². The van der Waals surface area contributed by atoms with Crippen molar-refractivity contribution in [1.82, 2.24) is 4.90 Å². The SMILES string of the molecule is CCOC(=O)N1C/C(=C\c2ccccc2OCC)C(=O)/C(=C/c2ccccc2OCC)C1. The quantitative estimate of drug-likeness (QED) is 0.573. The number of amides is 1. The average Bonchev–Trinajstić information content (AvgIpc) is 2.79. The Balaban J connectivity index is 2.03. The molecule has 0 N–H and O–H groups in total. The maximum atomic E-state index is 13.4. The van der Waals surface area contributed by atoms with Crippen molar-refractivity contribution in [2.45, 2.75) is 20.8 Å². The van der Waals surface area contributed by atoms with Gasteiger partial charge in [-0.15, -0.1) is 0 Å². The Morgan fingerprint density at radius 3 is 1.72 bits per heavy atom. The standard InChI is InChI=1S/C26H29NO5/c1-4-30-23-13-9-7-11-19(23)15-21-17-27(26(29)32-6-3)18-22(25(21)28)16-20-12-8-10-14-24(20)31-5-2/h7-16H,4-6,17-18H2,1-3H3/b21-15+,22-16+. The summed E-state index contributed by atoms with van der Waals surface area (Å²) < 4.78 is 16.6. The van der Waals surface area contributed by atoms with Gasteiger partial charge in [0.05, 0.1) is 32.9 Å². The zero-order valence-corrected chi connectivity index (χ0v) is 18.8. The predicted molar refractivity (Wildman–Crippen MR) is 125 cm³/mol. The van der Waals surface area contributed by atoms with Crippen LogP contribution in [0.2, 0.25) is 0 Å². The van der Waals surface area contributed by atoms with Crippen LogP contribution >= 0.6 is 0 Å². The summed E-state index contributed by atoms with van der Waals surface area (Å²) in [6, 6.07) is 15.1. The first-order chi connectivity index (χ1) is 15.6. The molecule has 2 aromatic carbocycles. The van der Waals surface area contributed by atoms with Crippen LogP contribution in [0.25, 0.3) is 12.2 Å². The Morgan fingerprint density at radius 1 is 0.812 bits per heavy atom. The number of hydrogen-bond acceptors (Lipinski definition) is 5. The van der Waals surface area contributed by atoms with Gasteiger partial charge in [0.1, 0.15) is 11.5 Å². The Bertz CT molecular complexity index is 953. The van der Waals surface area contributed by atoms with Crippen molar-refractivity contribution in [1.29, 1.82) is 0 Å². The van der Waals surface area contributed by atoms with Gasteiger partial charge in [0.15, 0.2) is 5.78 Å². The smallest absolute Gasteiger partial charge is 0.410 e. The van der Waals surface area contributed by atoms with E-state index in [1.807, 2.05) is 62.4 Å². The molecular formula is C26H29NO5. The van der Waals surface area contributed by atoms with Crippen molar-refractivity contribution in [2.24, 2.45) is 0 Å². The topological polar surface area (TPSA) is 65.1 Å². The Morgan fingerprint density at radius 2 is 1.28 bits per heavy atom. The van der Waals surface area contributed by atoms with E-state index in [4.69, 9.17) is 14.2 Å². The lowest BCUT2D eigenvalue weighted by atomic mass is 9.94. The van der Waals surface area contributed by atoms with Gasteiger partial charge in [0.25, 0.3) is 0 Å². The summed E-state index contributed by atoms with van der Waals surface area (Å²) in [4.78, 5) is 27.5. The van der Waals surface area contributed by atoms with E-state index in [1.165, 1.54) is 4.90 Å². The lowest BCUT2D eigenvalue weighted by Gasteiger charge is -2.29. The lowest BCUT2D eigenvalue weighted by Crippen LogP contribution is -2.41. The van der Waals surface area contributed by atoms with Crippen molar-refractivity contribution in [3.63, 3.8) is 0 Å². The van der Waals surface area contributed by atoms with Crippen LogP contribution in [0.1, 0.15) is 31.9 Å². The largest absolute Gasteiger partial charge is 0.493 e. The van der Waals surface area contributed by atoms with Crippen LogP contribution in [0.4, 0.5) is 4.79 Å². The van der Waals surface area contributed by atoms with Crippen LogP contribution in [0.3, 0.4) is 0 Å². The fourth-order valence-corrected chi connectivity index (χ4v) is 3.53. The van der Waals surface area contributed by atoms with Crippen molar-refractivity contribution in [2.75, 3.05) is 32.9 Å². The molecule has 1 saturated heterocycles. The molecule has 2 aromatic rings. The molecule has 0 aromatic heterocycles. The maximum Gasteiger partial charge on any atom is 0.410 e. The number of benzene rings is 2. The van der Waals surface area contributed by atoms with Gasteiger partial charge in [-0.1, -0.05) is 36.4 Å². The number of likely N-dealkylation sites (tertiary alicyclic amines) is 1. The molecule has 1 amide bonds.